The predicted molar refractivity (Wildman–Crippen MR) is 84.2 cm³/mol. The molecule has 1 amide bonds. The molecule has 3 N–H and O–H groups in total. The summed E-state index contributed by atoms with van der Waals surface area (Å²) >= 11 is 0. The van der Waals surface area contributed by atoms with Crippen LogP contribution in [0, 0.1) is 0 Å². The van der Waals surface area contributed by atoms with Gasteiger partial charge in [0.05, 0.1) is 13.2 Å². The van der Waals surface area contributed by atoms with Crippen LogP contribution in [0.15, 0.2) is 24.3 Å². The zero-order valence-corrected chi connectivity index (χ0v) is 13.1. The number of hydrogen-bond acceptors (Lipinski definition) is 4. The molecule has 1 aliphatic rings. The molecule has 0 radical (unpaired) electrons. The first-order chi connectivity index (χ1) is 9.88. The summed E-state index contributed by atoms with van der Waals surface area (Å²) in [5.74, 6) is -0.340. The lowest BCUT2D eigenvalue weighted by Gasteiger charge is -2.37. The first kappa shape index (κ1) is 15.8. The van der Waals surface area contributed by atoms with Gasteiger partial charge in [-0.25, -0.2) is 0 Å². The number of carbonyl (C=O) groups is 1. The van der Waals surface area contributed by atoms with E-state index in [-0.39, 0.29) is 11.4 Å². The van der Waals surface area contributed by atoms with Gasteiger partial charge in [-0.1, -0.05) is 18.2 Å². The molecule has 2 rings (SSSR count). The van der Waals surface area contributed by atoms with Crippen LogP contribution in [0.3, 0.4) is 0 Å². The number of benzene rings is 1. The van der Waals surface area contributed by atoms with Gasteiger partial charge in [0.15, 0.2) is 0 Å². The number of carbonyl (C=O) groups excluding carboxylic acids is 1. The van der Waals surface area contributed by atoms with Gasteiger partial charge in [-0.15, -0.1) is 0 Å². The maximum atomic E-state index is 11.7. The predicted octanol–water partition coefficient (Wildman–Crippen LogP) is 1.27. The van der Waals surface area contributed by atoms with E-state index in [4.69, 9.17) is 10.5 Å². The molecule has 21 heavy (non-hydrogen) atoms. The number of para-hydroxylation sites is 1. The van der Waals surface area contributed by atoms with Gasteiger partial charge in [-0.2, -0.15) is 0 Å². The second-order valence-electron chi connectivity index (χ2n) is 6.42. The Kier molecular flexibility index (Phi) is 4.85. The van der Waals surface area contributed by atoms with E-state index in [1.54, 1.807) is 0 Å². The number of nitrogens with zero attached hydrogens (tertiary/aromatic N) is 1. The summed E-state index contributed by atoms with van der Waals surface area (Å²) in [6.45, 7) is 8.81. The van der Waals surface area contributed by atoms with Crippen molar-refractivity contribution in [1.29, 1.82) is 0 Å². The van der Waals surface area contributed by atoms with E-state index in [2.05, 4.69) is 37.1 Å². The van der Waals surface area contributed by atoms with Gasteiger partial charge in [-0.05, 0) is 32.4 Å². The number of morpholine rings is 1. The molecule has 1 saturated heterocycles. The van der Waals surface area contributed by atoms with Crippen molar-refractivity contribution >= 4 is 11.6 Å². The third-order valence-corrected chi connectivity index (χ3v) is 3.57. The maximum absolute atomic E-state index is 11.7. The Labute approximate surface area is 126 Å². The van der Waals surface area contributed by atoms with Crippen molar-refractivity contribution in [2.75, 3.05) is 24.7 Å². The zero-order chi connectivity index (χ0) is 15.5. The molecule has 1 unspecified atom stereocenters. The molecule has 116 valence electrons. The largest absolute Gasteiger partial charge is 0.377 e. The van der Waals surface area contributed by atoms with E-state index in [0.29, 0.717) is 19.8 Å². The number of anilines is 1. The maximum Gasteiger partial charge on any atom is 0.242 e. The summed E-state index contributed by atoms with van der Waals surface area (Å²) in [6, 6.07) is 7.74. The Morgan fingerprint density at radius 1 is 1.43 bits per heavy atom. The van der Waals surface area contributed by atoms with Gasteiger partial charge in [0, 0.05) is 24.3 Å². The standard InChI is InChI=1S/C16H25N3O2/c1-16(2,3)18-10-12-6-4-5-7-13(12)19-8-9-21-11-14(19)15(17)20/h4-7,14,18H,8-11H2,1-3H3,(H2,17,20). The Hall–Kier alpha value is -1.59. The molecule has 5 heteroatoms. The number of ether oxygens (including phenoxy) is 1. The molecule has 1 aromatic carbocycles. The van der Waals surface area contributed by atoms with Crippen molar-refractivity contribution < 1.29 is 9.53 Å². The van der Waals surface area contributed by atoms with Gasteiger partial charge >= 0.3 is 0 Å². The first-order valence-electron chi connectivity index (χ1n) is 7.35. The molecule has 1 aliphatic heterocycles. The molecule has 5 nitrogen and oxygen atoms in total. The summed E-state index contributed by atoms with van der Waals surface area (Å²) in [4.78, 5) is 13.7. The van der Waals surface area contributed by atoms with Gasteiger partial charge in [0.25, 0.3) is 0 Å². The number of nitrogens with one attached hydrogen (secondary N) is 1. The molecule has 1 heterocycles. The van der Waals surface area contributed by atoms with Crippen LogP contribution >= 0.6 is 0 Å². The topological polar surface area (TPSA) is 67.6 Å². The molecule has 0 spiro atoms. The van der Waals surface area contributed by atoms with Crippen molar-refractivity contribution in [3.05, 3.63) is 29.8 Å². The van der Waals surface area contributed by atoms with E-state index in [1.165, 1.54) is 5.56 Å². The van der Waals surface area contributed by atoms with Gasteiger partial charge in [0.1, 0.15) is 6.04 Å². The molecule has 0 bridgehead atoms. The second kappa shape index (κ2) is 6.45. The highest BCUT2D eigenvalue weighted by Gasteiger charge is 2.29. The molecule has 1 aromatic rings. The SMILES string of the molecule is CC(C)(C)NCc1ccccc1N1CCOCC1C(N)=O. The third kappa shape index (κ3) is 4.19. The normalized spacial score (nSPS) is 19.6. The molecule has 0 aromatic heterocycles. The summed E-state index contributed by atoms with van der Waals surface area (Å²) in [5.41, 5.74) is 7.78. The Balaban J connectivity index is 2.23. The molecule has 1 fully saturated rings. The number of rotatable bonds is 4. The number of primary amides is 1. The van der Waals surface area contributed by atoms with Crippen LogP contribution in [0.4, 0.5) is 5.69 Å². The van der Waals surface area contributed by atoms with E-state index in [1.807, 2.05) is 18.2 Å². The fraction of sp³-hybridized carbons (Fsp3) is 0.562. The van der Waals surface area contributed by atoms with E-state index >= 15 is 0 Å². The molecule has 1 atom stereocenters. The van der Waals surface area contributed by atoms with Crippen molar-refractivity contribution in [2.24, 2.45) is 5.73 Å². The van der Waals surface area contributed by atoms with Gasteiger partial charge < -0.3 is 20.7 Å². The molecule has 0 saturated carbocycles. The Morgan fingerprint density at radius 3 is 2.81 bits per heavy atom. The lowest BCUT2D eigenvalue weighted by molar-refractivity contribution is -0.121. The highest BCUT2D eigenvalue weighted by atomic mass is 16.5. The molecule has 0 aliphatic carbocycles. The first-order valence-corrected chi connectivity index (χ1v) is 7.35. The van der Waals surface area contributed by atoms with Crippen LogP contribution in [-0.2, 0) is 16.1 Å². The zero-order valence-electron chi connectivity index (χ0n) is 13.1. The fourth-order valence-electron chi connectivity index (χ4n) is 2.43. The van der Waals surface area contributed by atoms with Crippen LogP contribution in [0.5, 0.6) is 0 Å². The second-order valence-corrected chi connectivity index (χ2v) is 6.42. The van der Waals surface area contributed by atoms with E-state index < -0.39 is 6.04 Å². The smallest absolute Gasteiger partial charge is 0.242 e. The van der Waals surface area contributed by atoms with Crippen LogP contribution < -0.4 is 16.0 Å². The minimum atomic E-state index is -0.394. The molecular weight excluding hydrogens is 266 g/mol. The van der Waals surface area contributed by atoms with E-state index in [0.717, 1.165) is 12.2 Å². The highest BCUT2D eigenvalue weighted by Crippen LogP contribution is 2.24. The fourth-order valence-corrected chi connectivity index (χ4v) is 2.43. The van der Waals surface area contributed by atoms with Crippen LogP contribution in [0.1, 0.15) is 26.3 Å². The highest BCUT2D eigenvalue weighted by molar-refractivity contribution is 5.84. The van der Waals surface area contributed by atoms with Crippen molar-refractivity contribution in [3.63, 3.8) is 0 Å². The number of nitrogens with two attached hydrogens (primary N) is 1. The summed E-state index contributed by atoms with van der Waals surface area (Å²) in [5, 5.41) is 3.49. The van der Waals surface area contributed by atoms with Crippen molar-refractivity contribution in [2.45, 2.75) is 38.9 Å². The quantitative estimate of drug-likeness (QED) is 0.876. The van der Waals surface area contributed by atoms with Crippen LogP contribution in [0.2, 0.25) is 0 Å². The molecular formula is C16H25N3O2. The van der Waals surface area contributed by atoms with Crippen LogP contribution in [0.25, 0.3) is 0 Å². The van der Waals surface area contributed by atoms with Crippen LogP contribution in [-0.4, -0.2) is 37.2 Å². The lowest BCUT2D eigenvalue weighted by atomic mass is 10.1. The third-order valence-electron chi connectivity index (χ3n) is 3.57. The van der Waals surface area contributed by atoms with Crippen molar-refractivity contribution in [1.82, 2.24) is 5.32 Å². The number of hydrogen-bond donors (Lipinski definition) is 2. The average Bonchev–Trinajstić information content (AvgIpc) is 2.44. The van der Waals surface area contributed by atoms with Crippen molar-refractivity contribution in [3.8, 4) is 0 Å². The summed E-state index contributed by atoms with van der Waals surface area (Å²) < 4.78 is 5.39. The minimum absolute atomic E-state index is 0.0429. The average molecular weight is 291 g/mol. The summed E-state index contributed by atoms with van der Waals surface area (Å²) in [6.07, 6.45) is 0. The summed E-state index contributed by atoms with van der Waals surface area (Å²) in [7, 11) is 0. The van der Waals surface area contributed by atoms with Gasteiger partial charge in [-0.3, -0.25) is 4.79 Å². The monoisotopic (exact) mass is 291 g/mol. The van der Waals surface area contributed by atoms with Gasteiger partial charge in [0.2, 0.25) is 5.91 Å². The minimum Gasteiger partial charge on any atom is -0.377 e. The number of amides is 1. The Bertz CT molecular complexity index is 497. The Morgan fingerprint density at radius 2 is 2.14 bits per heavy atom. The van der Waals surface area contributed by atoms with E-state index in [9.17, 15) is 4.79 Å². The lowest BCUT2D eigenvalue weighted by Crippen LogP contribution is -2.53.